The third kappa shape index (κ3) is 4.70. The highest BCUT2D eigenvalue weighted by Crippen LogP contribution is 2.36. The first-order valence-electron chi connectivity index (χ1n) is 7.93. The molecule has 152 valence electrons. The SMILES string of the molecule is O=C(NCc1cc(C(F)(F)F)cc(C(F)(F)F)c1)c1ncnn1-c1ccccn1. The van der Waals surface area contributed by atoms with Gasteiger partial charge in [0.15, 0.2) is 5.82 Å². The zero-order valence-corrected chi connectivity index (χ0v) is 14.3. The van der Waals surface area contributed by atoms with E-state index in [9.17, 15) is 31.1 Å². The molecule has 0 aliphatic heterocycles. The van der Waals surface area contributed by atoms with Gasteiger partial charge in [0.05, 0.1) is 11.1 Å². The Bertz CT molecular complexity index is 981. The van der Waals surface area contributed by atoms with Crippen molar-refractivity contribution in [3.8, 4) is 5.82 Å². The number of amides is 1. The molecule has 2 heterocycles. The summed E-state index contributed by atoms with van der Waals surface area (Å²) in [5.41, 5.74) is -3.30. The molecule has 0 fully saturated rings. The predicted octanol–water partition coefficient (Wildman–Crippen LogP) is 3.63. The minimum absolute atomic E-state index is 0.0169. The minimum Gasteiger partial charge on any atom is -0.345 e. The maximum atomic E-state index is 12.9. The molecule has 0 spiro atoms. The molecule has 6 nitrogen and oxygen atoms in total. The third-order valence-corrected chi connectivity index (χ3v) is 3.72. The summed E-state index contributed by atoms with van der Waals surface area (Å²) in [5.74, 6) is -0.820. The van der Waals surface area contributed by atoms with Gasteiger partial charge in [-0.1, -0.05) is 6.07 Å². The Morgan fingerprint density at radius 3 is 2.17 bits per heavy atom. The van der Waals surface area contributed by atoms with Gasteiger partial charge < -0.3 is 5.32 Å². The summed E-state index contributed by atoms with van der Waals surface area (Å²) in [4.78, 5) is 20.1. The molecule has 0 aliphatic carbocycles. The van der Waals surface area contributed by atoms with Gasteiger partial charge >= 0.3 is 12.4 Å². The average Bonchev–Trinajstić information content (AvgIpc) is 3.15. The van der Waals surface area contributed by atoms with Gasteiger partial charge in [-0.15, -0.1) is 0 Å². The zero-order chi connectivity index (χ0) is 21.2. The van der Waals surface area contributed by atoms with Gasteiger partial charge in [-0.05, 0) is 35.9 Å². The predicted molar refractivity (Wildman–Crippen MR) is 86.8 cm³/mol. The number of nitrogens with zero attached hydrogens (tertiary/aromatic N) is 4. The van der Waals surface area contributed by atoms with Crippen molar-refractivity contribution in [1.82, 2.24) is 25.1 Å². The third-order valence-electron chi connectivity index (χ3n) is 3.72. The van der Waals surface area contributed by atoms with E-state index in [-0.39, 0.29) is 23.3 Å². The van der Waals surface area contributed by atoms with E-state index in [1.807, 2.05) is 0 Å². The van der Waals surface area contributed by atoms with Crippen molar-refractivity contribution in [2.45, 2.75) is 18.9 Å². The number of hydrogen-bond donors (Lipinski definition) is 1. The molecule has 0 unspecified atom stereocenters. The summed E-state index contributed by atoms with van der Waals surface area (Å²) in [6, 6.07) is 5.90. The summed E-state index contributed by atoms with van der Waals surface area (Å²) >= 11 is 0. The standard InChI is InChI=1S/C17H11F6N5O/c18-16(19,20)11-5-10(6-12(7-11)17(21,22)23)8-25-15(29)14-26-9-27-28(14)13-3-1-2-4-24-13/h1-7,9H,8H2,(H,25,29). The molecular weight excluding hydrogens is 404 g/mol. The molecular formula is C17H11F6N5O. The van der Waals surface area contributed by atoms with Crippen molar-refractivity contribution < 1.29 is 31.1 Å². The van der Waals surface area contributed by atoms with Crippen molar-refractivity contribution >= 4 is 5.91 Å². The van der Waals surface area contributed by atoms with Crippen LogP contribution < -0.4 is 5.32 Å². The molecule has 1 amide bonds. The number of aromatic nitrogens is 4. The highest BCUT2D eigenvalue weighted by molar-refractivity contribution is 5.91. The minimum atomic E-state index is -4.97. The number of halogens is 6. The molecule has 1 aromatic carbocycles. The lowest BCUT2D eigenvalue weighted by molar-refractivity contribution is -0.143. The van der Waals surface area contributed by atoms with E-state index in [1.165, 1.54) is 12.3 Å². The van der Waals surface area contributed by atoms with Crippen molar-refractivity contribution in [3.05, 3.63) is 71.4 Å². The summed E-state index contributed by atoms with van der Waals surface area (Å²) < 4.78 is 78.6. The Balaban J connectivity index is 1.84. The highest BCUT2D eigenvalue weighted by atomic mass is 19.4. The van der Waals surface area contributed by atoms with Crippen LogP contribution in [-0.2, 0) is 18.9 Å². The van der Waals surface area contributed by atoms with E-state index in [4.69, 9.17) is 0 Å². The Labute approximate surface area is 159 Å². The van der Waals surface area contributed by atoms with Crippen LogP contribution in [0.4, 0.5) is 26.3 Å². The van der Waals surface area contributed by atoms with Crippen LogP contribution in [0.5, 0.6) is 0 Å². The van der Waals surface area contributed by atoms with Crippen molar-refractivity contribution in [2.75, 3.05) is 0 Å². The molecule has 29 heavy (non-hydrogen) atoms. The molecule has 3 rings (SSSR count). The molecule has 1 N–H and O–H groups in total. The fourth-order valence-electron chi connectivity index (χ4n) is 2.43. The van der Waals surface area contributed by atoms with E-state index < -0.39 is 35.9 Å². The monoisotopic (exact) mass is 415 g/mol. The van der Waals surface area contributed by atoms with Crippen LogP contribution in [0.15, 0.2) is 48.9 Å². The molecule has 0 saturated carbocycles. The topological polar surface area (TPSA) is 72.7 Å². The fraction of sp³-hybridized carbons (Fsp3) is 0.176. The van der Waals surface area contributed by atoms with Crippen molar-refractivity contribution in [3.63, 3.8) is 0 Å². The highest BCUT2D eigenvalue weighted by Gasteiger charge is 2.36. The van der Waals surface area contributed by atoms with Gasteiger partial charge in [-0.2, -0.15) is 36.1 Å². The second kappa shape index (κ2) is 7.53. The number of pyridine rings is 1. The molecule has 2 aromatic heterocycles. The smallest absolute Gasteiger partial charge is 0.345 e. The van der Waals surface area contributed by atoms with Gasteiger partial charge in [0.25, 0.3) is 5.91 Å². The first-order chi connectivity index (χ1) is 13.6. The summed E-state index contributed by atoms with van der Waals surface area (Å²) in [6.45, 7) is -0.582. The van der Waals surface area contributed by atoms with Crippen LogP contribution in [0.25, 0.3) is 5.82 Å². The van der Waals surface area contributed by atoms with Crippen LogP contribution >= 0.6 is 0 Å². The largest absolute Gasteiger partial charge is 0.416 e. The molecule has 0 atom stereocenters. The number of carbonyl (C=O) groups excluding carboxylic acids is 1. The van der Waals surface area contributed by atoms with Crippen molar-refractivity contribution in [1.29, 1.82) is 0 Å². The van der Waals surface area contributed by atoms with Crippen LogP contribution in [-0.4, -0.2) is 25.7 Å². The molecule has 0 radical (unpaired) electrons. The lowest BCUT2D eigenvalue weighted by atomic mass is 10.0. The maximum Gasteiger partial charge on any atom is 0.416 e. The molecule has 0 saturated heterocycles. The normalized spacial score (nSPS) is 12.1. The fourth-order valence-corrected chi connectivity index (χ4v) is 2.43. The molecule has 0 bridgehead atoms. The second-order valence-corrected chi connectivity index (χ2v) is 5.78. The van der Waals surface area contributed by atoms with Gasteiger partial charge in [0.2, 0.25) is 5.82 Å². The van der Waals surface area contributed by atoms with E-state index in [0.29, 0.717) is 12.1 Å². The van der Waals surface area contributed by atoms with E-state index in [2.05, 4.69) is 20.4 Å². The van der Waals surface area contributed by atoms with E-state index >= 15 is 0 Å². The number of rotatable bonds is 4. The first-order valence-corrected chi connectivity index (χ1v) is 7.93. The Kier molecular flexibility index (Phi) is 5.27. The maximum absolute atomic E-state index is 12.9. The van der Waals surface area contributed by atoms with Gasteiger partial charge in [0, 0.05) is 12.7 Å². The number of carbonyl (C=O) groups is 1. The van der Waals surface area contributed by atoms with Gasteiger partial charge in [0.1, 0.15) is 6.33 Å². The average molecular weight is 415 g/mol. The number of hydrogen-bond acceptors (Lipinski definition) is 4. The summed E-state index contributed by atoms with van der Waals surface area (Å²) in [6.07, 6.45) is -7.44. The summed E-state index contributed by atoms with van der Waals surface area (Å²) in [7, 11) is 0. The quantitative estimate of drug-likeness (QED) is 0.661. The Morgan fingerprint density at radius 1 is 0.966 bits per heavy atom. The first kappa shape index (κ1) is 20.3. The second-order valence-electron chi connectivity index (χ2n) is 5.78. The van der Waals surface area contributed by atoms with Gasteiger partial charge in [-0.25, -0.2) is 9.97 Å². The van der Waals surface area contributed by atoms with Crippen LogP contribution in [0, 0.1) is 0 Å². The van der Waals surface area contributed by atoms with Crippen LogP contribution in [0.1, 0.15) is 27.3 Å². The van der Waals surface area contributed by atoms with Crippen molar-refractivity contribution in [2.24, 2.45) is 0 Å². The lowest BCUT2D eigenvalue weighted by Crippen LogP contribution is -2.27. The molecule has 0 aliphatic rings. The zero-order valence-electron chi connectivity index (χ0n) is 14.3. The number of benzene rings is 1. The van der Waals surface area contributed by atoms with Crippen LogP contribution in [0.2, 0.25) is 0 Å². The number of alkyl halides is 6. The van der Waals surface area contributed by atoms with E-state index in [0.717, 1.165) is 11.0 Å². The molecule has 3 aromatic rings. The summed E-state index contributed by atoms with van der Waals surface area (Å²) in [5, 5.41) is 6.08. The number of nitrogens with one attached hydrogen (secondary N) is 1. The Hall–Kier alpha value is -3.44. The molecule has 12 heteroatoms. The van der Waals surface area contributed by atoms with E-state index in [1.54, 1.807) is 12.1 Å². The lowest BCUT2D eigenvalue weighted by Gasteiger charge is -2.14. The van der Waals surface area contributed by atoms with Crippen LogP contribution in [0.3, 0.4) is 0 Å². The van der Waals surface area contributed by atoms with Gasteiger partial charge in [-0.3, -0.25) is 4.79 Å². The Morgan fingerprint density at radius 2 is 1.62 bits per heavy atom.